The molecule has 0 bridgehead atoms. The van der Waals surface area contributed by atoms with E-state index < -0.39 is 12.6 Å². The molecule has 37 heavy (non-hydrogen) atoms. The first-order valence-corrected chi connectivity index (χ1v) is 13.3. The summed E-state index contributed by atoms with van der Waals surface area (Å²) in [5, 5.41) is 16.1. The number of imide groups is 1. The van der Waals surface area contributed by atoms with Crippen LogP contribution in [-0.2, 0) is 4.74 Å². The van der Waals surface area contributed by atoms with Crippen molar-refractivity contribution in [2.24, 2.45) is 16.3 Å². The molecule has 10 heteroatoms. The summed E-state index contributed by atoms with van der Waals surface area (Å²) in [5.74, 6) is 1.10. The van der Waals surface area contributed by atoms with Crippen LogP contribution in [0.15, 0.2) is 41.0 Å². The lowest BCUT2D eigenvalue weighted by Gasteiger charge is -2.43. The second-order valence-corrected chi connectivity index (χ2v) is 10.5. The number of aliphatic hydroxyl groups excluding tert-OH is 1. The lowest BCUT2D eigenvalue weighted by molar-refractivity contribution is -0.0462. The van der Waals surface area contributed by atoms with Crippen LogP contribution in [0, 0.1) is 11.3 Å². The van der Waals surface area contributed by atoms with E-state index in [-0.39, 0.29) is 18.2 Å². The zero-order valence-corrected chi connectivity index (χ0v) is 21.6. The van der Waals surface area contributed by atoms with Crippen molar-refractivity contribution in [2.75, 3.05) is 25.5 Å². The summed E-state index contributed by atoms with van der Waals surface area (Å²) < 4.78 is 11.0. The molecule has 0 aromatic heterocycles. The Morgan fingerprint density at radius 2 is 1.92 bits per heavy atom. The molecule has 2 saturated carbocycles. The summed E-state index contributed by atoms with van der Waals surface area (Å²) in [6, 6.07) is 6.75. The number of carbonyl (C=O) groups is 2. The average Bonchev–Trinajstić information content (AvgIpc) is 3.67. The van der Waals surface area contributed by atoms with Crippen LogP contribution in [0.2, 0.25) is 0 Å². The molecule has 4 amide bonds. The molecule has 200 valence electrons. The SMILES string of the molecule is CCN1C(=O)NC(Nc2ccc(OC3C=C(C(O)OC)N=CC3)cc2)N(CC2CCC3(CC2)CC3)C1=O. The minimum Gasteiger partial charge on any atom is -0.486 e. The molecule has 3 unspecified atom stereocenters. The third-order valence-electron chi connectivity index (χ3n) is 8.04. The monoisotopic (exact) mass is 511 g/mol. The Hall–Kier alpha value is -3.11. The standard InChI is InChI=1S/C27H37N5O5/c1-3-31-25(34)30-24(32(26(31)35)17-18-8-11-27(12-9-18)13-14-27)29-19-4-6-20(7-5-19)37-21-10-15-28-22(16-21)23(33)36-2/h4-7,15-16,18,21,23-24,29,33H,3,8-14,17H2,1-2H3,(H,30,34). The van der Waals surface area contributed by atoms with Gasteiger partial charge < -0.3 is 19.9 Å². The molecule has 1 saturated heterocycles. The molecule has 1 aromatic carbocycles. The van der Waals surface area contributed by atoms with E-state index in [0.29, 0.717) is 42.3 Å². The minimum absolute atomic E-state index is 0.254. The summed E-state index contributed by atoms with van der Waals surface area (Å²) in [6.07, 6.45) is 9.52. The summed E-state index contributed by atoms with van der Waals surface area (Å²) in [7, 11) is 1.42. The highest BCUT2D eigenvalue weighted by molar-refractivity contribution is 5.96. The van der Waals surface area contributed by atoms with Gasteiger partial charge in [-0.1, -0.05) is 0 Å². The molecule has 4 aliphatic rings. The van der Waals surface area contributed by atoms with E-state index in [1.165, 1.54) is 37.7 Å². The number of hydrogen-bond donors (Lipinski definition) is 3. The van der Waals surface area contributed by atoms with Crippen molar-refractivity contribution < 1.29 is 24.2 Å². The van der Waals surface area contributed by atoms with Crippen molar-refractivity contribution in [2.45, 2.75) is 70.6 Å². The smallest absolute Gasteiger partial charge is 0.331 e. The van der Waals surface area contributed by atoms with E-state index in [1.54, 1.807) is 17.2 Å². The van der Waals surface area contributed by atoms with Crippen molar-refractivity contribution in [1.82, 2.24) is 15.1 Å². The molecule has 2 heterocycles. The predicted molar refractivity (Wildman–Crippen MR) is 139 cm³/mol. The van der Waals surface area contributed by atoms with Gasteiger partial charge in [-0.3, -0.25) is 15.2 Å². The van der Waals surface area contributed by atoms with Gasteiger partial charge in [0, 0.05) is 38.5 Å². The van der Waals surface area contributed by atoms with Gasteiger partial charge in [-0.15, -0.1) is 0 Å². The van der Waals surface area contributed by atoms with Gasteiger partial charge in [-0.25, -0.2) is 14.5 Å². The maximum atomic E-state index is 13.2. The number of benzene rings is 1. The van der Waals surface area contributed by atoms with E-state index in [2.05, 4.69) is 15.6 Å². The maximum Gasteiger partial charge on any atom is 0.331 e. The topological polar surface area (TPSA) is 116 Å². The summed E-state index contributed by atoms with van der Waals surface area (Å²) in [6.45, 7) is 2.76. The number of hydrogen-bond acceptors (Lipinski definition) is 7. The molecular formula is C27H37N5O5. The lowest BCUT2D eigenvalue weighted by atomic mass is 9.79. The normalized spacial score (nSPS) is 26.1. The van der Waals surface area contributed by atoms with Crippen molar-refractivity contribution in [3.05, 3.63) is 36.0 Å². The zero-order valence-electron chi connectivity index (χ0n) is 21.6. The van der Waals surface area contributed by atoms with Gasteiger partial charge in [0.25, 0.3) is 0 Å². The molecule has 5 rings (SSSR count). The number of ether oxygens (including phenoxy) is 2. The molecule has 3 fully saturated rings. The molecule has 0 radical (unpaired) electrons. The van der Waals surface area contributed by atoms with E-state index in [4.69, 9.17) is 9.47 Å². The van der Waals surface area contributed by atoms with Crippen molar-refractivity contribution >= 4 is 24.0 Å². The number of rotatable bonds is 9. The number of nitrogens with zero attached hydrogens (tertiary/aromatic N) is 3. The van der Waals surface area contributed by atoms with Crippen LogP contribution in [-0.4, -0.2) is 72.1 Å². The number of aliphatic imine (C=N–C) groups is 1. The van der Waals surface area contributed by atoms with Gasteiger partial charge in [0.15, 0.2) is 12.6 Å². The van der Waals surface area contributed by atoms with Crippen LogP contribution in [0.1, 0.15) is 51.9 Å². The van der Waals surface area contributed by atoms with Gasteiger partial charge in [-0.2, -0.15) is 0 Å². The highest BCUT2D eigenvalue weighted by Crippen LogP contribution is 2.57. The third kappa shape index (κ3) is 5.75. The van der Waals surface area contributed by atoms with Crippen LogP contribution < -0.4 is 15.4 Å². The van der Waals surface area contributed by atoms with Gasteiger partial charge >= 0.3 is 12.1 Å². The summed E-state index contributed by atoms with van der Waals surface area (Å²) >= 11 is 0. The van der Waals surface area contributed by atoms with Crippen molar-refractivity contribution in [3.63, 3.8) is 0 Å². The first-order chi connectivity index (χ1) is 17.9. The molecule has 2 aliphatic heterocycles. The molecule has 10 nitrogen and oxygen atoms in total. The first-order valence-electron chi connectivity index (χ1n) is 13.3. The van der Waals surface area contributed by atoms with Gasteiger partial charge in [0.05, 0.1) is 5.70 Å². The number of anilines is 1. The Labute approximate surface area is 217 Å². The van der Waals surface area contributed by atoms with Crippen molar-refractivity contribution in [3.8, 4) is 5.75 Å². The van der Waals surface area contributed by atoms with Gasteiger partial charge in [-0.05, 0) is 87.1 Å². The number of nitrogens with one attached hydrogen (secondary N) is 2. The predicted octanol–water partition coefficient (Wildman–Crippen LogP) is 3.89. The van der Waals surface area contributed by atoms with Crippen LogP contribution >= 0.6 is 0 Å². The maximum absolute atomic E-state index is 13.2. The fraction of sp³-hybridized carbons (Fsp3) is 0.593. The number of aliphatic hydroxyl groups is 1. The van der Waals surface area contributed by atoms with Crippen LogP contribution in [0.4, 0.5) is 15.3 Å². The summed E-state index contributed by atoms with van der Waals surface area (Å²) in [4.78, 5) is 33.0. The van der Waals surface area contributed by atoms with E-state index in [9.17, 15) is 14.7 Å². The zero-order chi connectivity index (χ0) is 26.0. The molecule has 3 N–H and O–H groups in total. The van der Waals surface area contributed by atoms with Crippen molar-refractivity contribution in [1.29, 1.82) is 0 Å². The first kappa shape index (κ1) is 25.5. The van der Waals surface area contributed by atoms with E-state index in [0.717, 1.165) is 18.5 Å². The van der Waals surface area contributed by atoms with E-state index in [1.807, 2.05) is 31.2 Å². The van der Waals surface area contributed by atoms with Crippen LogP contribution in [0.25, 0.3) is 0 Å². The quantitative estimate of drug-likeness (QED) is 0.433. The van der Waals surface area contributed by atoms with Gasteiger partial charge in [0.2, 0.25) is 0 Å². The Kier molecular flexibility index (Phi) is 7.39. The Balaban J connectivity index is 1.23. The Bertz CT molecular complexity index is 1040. The van der Waals surface area contributed by atoms with Crippen LogP contribution in [0.5, 0.6) is 5.75 Å². The Morgan fingerprint density at radius 3 is 2.57 bits per heavy atom. The second-order valence-electron chi connectivity index (χ2n) is 10.5. The third-order valence-corrected chi connectivity index (χ3v) is 8.04. The largest absolute Gasteiger partial charge is 0.486 e. The lowest BCUT2D eigenvalue weighted by Crippen LogP contribution is -2.67. The molecule has 1 spiro atoms. The summed E-state index contributed by atoms with van der Waals surface area (Å²) in [5.41, 5.74) is 1.78. The van der Waals surface area contributed by atoms with Gasteiger partial charge in [0.1, 0.15) is 11.9 Å². The van der Waals surface area contributed by atoms with Crippen LogP contribution in [0.3, 0.4) is 0 Å². The van der Waals surface area contributed by atoms with E-state index >= 15 is 0 Å². The highest BCUT2D eigenvalue weighted by atomic mass is 16.6. The molecule has 2 aliphatic carbocycles. The molecular weight excluding hydrogens is 474 g/mol. The fourth-order valence-electron chi connectivity index (χ4n) is 5.50. The number of amides is 4. The fourth-order valence-corrected chi connectivity index (χ4v) is 5.50. The molecule has 3 atom stereocenters. The molecule has 1 aromatic rings. The Morgan fingerprint density at radius 1 is 1.19 bits per heavy atom. The highest BCUT2D eigenvalue weighted by Gasteiger charge is 2.46. The second kappa shape index (κ2) is 10.7. The average molecular weight is 512 g/mol. The number of carbonyl (C=O) groups excluding carboxylic acids is 2. The minimum atomic E-state index is -1.09. The number of methoxy groups -OCH3 is 1. The number of urea groups is 2.